The maximum atomic E-state index is 12.8. The molecule has 5 nitrogen and oxygen atoms in total. The summed E-state index contributed by atoms with van der Waals surface area (Å²) in [5.41, 5.74) is 0. The minimum atomic E-state index is -1.77. The maximum absolute atomic E-state index is 12.8. The minimum Gasteiger partial charge on any atom is -0.479 e. The molecule has 2 rings (SSSR count). The highest BCUT2D eigenvalue weighted by Crippen LogP contribution is 2.33. The fourth-order valence-electron chi connectivity index (χ4n) is 2.26. The number of hydrogen-bond donors (Lipinski definition) is 3. The zero-order valence-electron chi connectivity index (χ0n) is 9.19. The number of carboxylic acid groups (broad SMARTS) is 1. The van der Waals surface area contributed by atoms with E-state index in [2.05, 4.69) is 10.6 Å². The normalized spacial score (nSPS) is 32.8. The van der Waals surface area contributed by atoms with E-state index in [1.165, 1.54) is 0 Å². The fourth-order valence-corrected chi connectivity index (χ4v) is 3.81. The average Bonchev–Trinajstić information content (AvgIpc) is 2.78. The van der Waals surface area contributed by atoms with Crippen molar-refractivity contribution in [2.75, 3.05) is 5.75 Å². The van der Waals surface area contributed by atoms with Crippen LogP contribution < -0.4 is 10.6 Å². The van der Waals surface area contributed by atoms with Gasteiger partial charge in [-0.25, -0.2) is 14.0 Å². The molecule has 96 valence electrons. The molecule has 0 aromatic rings. The molecule has 0 spiro atoms. The Morgan fingerprint density at radius 2 is 2.35 bits per heavy atom. The van der Waals surface area contributed by atoms with Crippen LogP contribution in [0.25, 0.3) is 0 Å². The lowest BCUT2D eigenvalue weighted by atomic mass is 10.0. The van der Waals surface area contributed by atoms with Gasteiger partial charge in [0, 0.05) is 11.0 Å². The van der Waals surface area contributed by atoms with Gasteiger partial charge in [0.05, 0.1) is 12.1 Å². The molecule has 17 heavy (non-hydrogen) atoms. The number of hydrogen-bond acceptors (Lipinski definition) is 3. The van der Waals surface area contributed by atoms with E-state index in [0.29, 0.717) is 6.42 Å². The summed E-state index contributed by atoms with van der Waals surface area (Å²) in [6, 6.07) is 0.132. The Labute approximate surface area is 103 Å². The molecule has 0 aliphatic carbocycles. The summed E-state index contributed by atoms with van der Waals surface area (Å²) in [4.78, 5) is 21.4. The summed E-state index contributed by atoms with van der Waals surface area (Å²) < 4.78 is 12.8. The van der Waals surface area contributed by atoms with E-state index >= 15 is 0 Å². The number of nitrogens with one attached hydrogen (secondary N) is 2. The van der Waals surface area contributed by atoms with E-state index < -0.39 is 12.1 Å². The molecule has 4 atom stereocenters. The first-order chi connectivity index (χ1) is 8.08. The number of carboxylic acids is 1. The number of halogens is 1. The van der Waals surface area contributed by atoms with Crippen LogP contribution in [0.2, 0.25) is 0 Å². The molecule has 0 bridgehead atoms. The summed E-state index contributed by atoms with van der Waals surface area (Å²) in [7, 11) is 0. The molecular weight excluding hydrogens is 247 g/mol. The van der Waals surface area contributed by atoms with Crippen LogP contribution >= 0.6 is 11.8 Å². The van der Waals surface area contributed by atoms with Crippen LogP contribution in [-0.2, 0) is 4.79 Å². The van der Waals surface area contributed by atoms with Crippen molar-refractivity contribution in [2.24, 2.45) is 0 Å². The predicted molar refractivity (Wildman–Crippen MR) is 61.9 cm³/mol. The van der Waals surface area contributed by atoms with Gasteiger partial charge in [-0.05, 0) is 19.3 Å². The molecule has 0 aromatic carbocycles. The standard InChI is InChI=1S/C10H15FN2O3S/c11-5(9(14)15)2-1-3-7-8-6(4-17-7)12-10(16)13-8/h5-8H,1-4H2,(H,14,15)(H2,12,13,16)/t5?,6-,7-,8-/m0/s1/i11+0. The third kappa shape index (κ3) is 2.83. The van der Waals surface area contributed by atoms with Gasteiger partial charge in [0.1, 0.15) is 0 Å². The Balaban J connectivity index is 1.73. The molecule has 0 aromatic heterocycles. The summed E-state index contributed by atoms with van der Waals surface area (Å²) in [6.45, 7) is 0. The van der Waals surface area contributed by atoms with Crippen LogP contribution in [0.5, 0.6) is 0 Å². The van der Waals surface area contributed by atoms with Crippen molar-refractivity contribution in [1.82, 2.24) is 10.6 Å². The van der Waals surface area contributed by atoms with E-state index in [1.54, 1.807) is 11.8 Å². The second kappa shape index (κ2) is 5.12. The number of carbonyl (C=O) groups is 2. The molecule has 2 heterocycles. The molecule has 2 aliphatic rings. The molecule has 3 N–H and O–H groups in total. The number of alkyl halides is 1. The Kier molecular flexibility index (Phi) is 3.76. The number of aliphatic carboxylic acids is 1. The lowest BCUT2D eigenvalue weighted by Gasteiger charge is -2.16. The first-order valence-corrected chi connectivity index (χ1v) is 6.68. The van der Waals surface area contributed by atoms with Gasteiger partial charge in [0.25, 0.3) is 0 Å². The predicted octanol–water partition coefficient (Wildman–Crippen LogP) is 0.745. The Hall–Kier alpha value is -0.980. The van der Waals surface area contributed by atoms with Crippen LogP contribution in [0.4, 0.5) is 9.18 Å². The van der Waals surface area contributed by atoms with E-state index in [4.69, 9.17) is 5.11 Å². The van der Waals surface area contributed by atoms with Gasteiger partial charge in [0.15, 0.2) is 6.17 Å². The first-order valence-electron chi connectivity index (χ1n) is 5.63. The number of rotatable bonds is 5. The SMILES string of the molecule is O=C1N[C@H]2[C@H](CS[C@H]2CCCC([19F])C(=O)O)N1. The summed E-state index contributed by atoms with van der Waals surface area (Å²) >= 11 is 1.75. The Bertz CT molecular complexity index is 329. The second-order valence-electron chi connectivity index (χ2n) is 4.36. The van der Waals surface area contributed by atoms with Gasteiger partial charge < -0.3 is 15.7 Å². The highest BCUT2D eigenvalue weighted by Gasteiger charge is 2.42. The van der Waals surface area contributed by atoms with Gasteiger partial charge >= 0.3 is 12.0 Å². The van der Waals surface area contributed by atoms with Crippen molar-refractivity contribution in [3.63, 3.8) is 0 Å². The van der Waals surface area contributed by atoms with E-state index in [9.17, 15) is 14.0 Å². The summed E-state index contributed by atoms with van der Waals surface area (Å²) in [5, 5.41) is 14.3. The Morgan fingerprint density at radius 1 is 1.59 bits per heavy atom. The topological polar surface area (TPSA) is 78.4 Å². The highest BCUT2D eigenvalue weighted by molar-refractivity contribution is 8.00. The quantitative estimate of drug-likeness (QED) is 0.639. The number of fused-ring (bicyclic) bond motifs is 1. The third-order valence-electron chi connectivity index (χ3n) is 3.15. The van der Waals surface area contributed by atoms with E-state index in [1.807, 2.05) is 0 Å². The van der Waals surface area contributed by atoms with Crippen molar-refractivity contribution in [2.45, 2.75) is 42.8 Å². The third-order valence-corrected chi connectivity index (χ3v) is 4.66. The van der Waals surface area contributed by atoms with Crippen LogP contribution in [0.15, 0.2) is 0 Å². The number of thioether (sulfide) groups is 1. The molecule has 2 saturated heterocycles. The van der Waals surface area contributed by atoms with Crippen molar-refractivity contribution < 1.29 is 19.1 Å². The van der Waals surface area contributed by atoms with Gasteiger partial charge in [-0.3, -0.25) is 0 Å². The zero-order valence-corrected chi connectivity index (χ0v) is 10.0. The van der Waals surface area contributed by atoms with Crippen molar-refractivity contribution in [3.8, 4) is 0 Å². The highest BCUT2D eigenvalue weighted by atomic mass is 32.2. The largest absolute Gasteiger partial charge is 0.479 e. The molecule has 2 aliphatic heterocycles. The smallest absolute Gasteiger partial charge is 0.338 e. The van der Waals surface area contributed by atoms with Crippen LogP contribution in [0.3, 0.4) is 0 Å². The van der Waals surface area contributed by atoms with Crippen LogP contribution in [-0.4, -0.2) is 46.4 Å². The molecular formula is C10H15FN2O3S. The number of urea groups is 1. The molecule has 7 heteroatoms. The molecule has 0 radical (unpaired) electrons. The molecule has 0 saturated carbocycles. The van der Waals surface area contributed by atoms with Crippen molar-refractivity contribution >= 4 is 23.8 Å². The molecule has 2 amide bonds. The first kappa shape index (κ1) is 12.5. The fraction of sp³-hybridized carbons (Fsp3) is 0.800. The number of carbonyl (C=O) groups excluding carboxylic acids is 1. The van der Waals surface area contributed by atoms with Crippen molar-refractivity contribution in [3.05, 3.63) is 0 Å². The van der Waals surface area contributed by atoms with Gasteiger partial charge in [0.2, 0.25) is 0 Å². The van der Waals surface area contributed by atoms with Gasteiger partial charge in [-0.15, -0.1) is 0 Å². The molecule has 2 fully saturated rings. The summed E-state index contributed by atoms with van der Waals surface area (Å²) in [6.07, 6.45) is -0.454. The summed E-state index contributed by atoms with van der Waals surface area (Å²) in [5.74, 6) is -0.524. The van der Waals surface area contributed by atoms with E-state index in [0.717, 1.165) is 12.2 Å². The molecule has 1 unspecified atom stereocenters. The van der Waals surface area contributed by atoms with Crippen LogP contribution in [0.1, 0.15) is 19.3 Å². The van der Waals surface area contributed by atoms with Gasteiger partial charge in [-0.1, -0.05) is 0 Å². The Morgan fingerprint density at radius 3 is 3.06 bits per heavy atom. The lowest BCUT2D eigenvalue weighted by molar-refractivity contribution is -0.143. The van der Waals surface area contributed by atoms with E-state index in [-0.39, 0.29) is 29.8 Å². The van der Waals surface area contributed by atoms with Crippen molar-refractivity contribution in [1.29, 1.82) is 0 Å². The lowest BCUT2D eigenvalue weighted by Crippen LogP contribution is -2.36. The monoisotopic (exact) mass is 262 g/mol. The van der Waals surface area contributed by atoms with Gasteiger partial charge in [-0.2, -0.15) is 11.8 Å². The number of amides is 2. The second-order valence-corrected chi connectivity index (χ2v) is 5.63. The minimum absolute atomic E-state index is 0.0468. The average molecular weight is 262 g/mol. The zero-order chi connectivity index (χ0) is 12.4. The maximum Gasteiger partial charge on any atom is 0.338 e. The van der Waals surface area contributed by atoms with Crippen LogP contribution in [0, 0.1) is 0 Å².